The van der Waals surface area contributed by atoms with Crippen LogP contribution in [-0.4, -0.2) is 43.3 Å². The smallest absolute Gasteiger partial charge is 0.286 e. The molecule has 0 N–H and O–H groups in total. The first-order valence-corrected chi connectivity index (χ1v) is 50.4. The molecule has 0 unspecified atom stereocenters. The number of aryl methyl sites for hydroxylation is 11. The zero-order chi connectivity index (χ0) is 96.7. The summed E-state index contributed by atoms with van der Waals surface area (Å²) in [4.78, 5) is 20.3. The van der Waals surface area contributed by atoms with Crippen LogP contribution < -0.4 is 57.5 Å². The van der Waals surface area contributed by atoms with Gasteiger partial charge in [0, 0.05) is 70.0 Å². The number of anilines is 13. The van der Waals surface area contributed by atoms with E-state index < -0.39 is 0 Å². The number of hydrogen-bond acceptors (Lipinski definition) is 8. The van der Waals surface area contributed by atoms with Gasteiger partial charge in [0.25, 0.3) is 23.3 Å². The lowest BCUT2D eigenvalue weighted by molar-refractivity contribution is -0.648. The standard InChI is InChI=1S/C33H38N3.C32H40N3.C32H44N3.C27H28N3/c1-20-13-12-14-21(2)31(20)35-27(8)36(30-16-11-10-15-29(30)35)33-26(7)18-25(6)32(34(33)9)28-19-23(4)22(3)17-24(28)5;1-23-13-7-10-18-28(23)31-21-26(25-14-8-9-15-25)22-32(33(31)3)35-24(2)34(27-16-5-4-6-17-27)29-19-11-12-20-30(29)35;1-21-16-17-22(2)30(23(21)3)28-18-25(20-31(5,6)7)19-29(33(28)11)34-24(4)35(32(8,9)10)27-15-13-12-14-26(27)34;1-18-11-10-14-22(19(18)2)27-23-13-7-6-12-21(23)17-26(29(27)5)30-20(3)28(4)24-15-8-9-16-25(24)30/h10-19,27H,1-9H3;7,10-13,18-22,24-25,27H,4-6,8-9,14-17H2,1-3H3;12-19,24H,20H2,1-11H3;6-17,20H,1-5H3/q4*+1/t27-;2*24-;20-/m1101/s1. The SMILES string of the molecule is Cc1cc(C)c(-c2c(C)cc(C)c(N3c4ccccc4N(c4c(C)cccc4C)[C@H]3C)[n+]2C)cc1C.Cc1ccc(C)c(-c2cc(CC(C)(C)C)cc(N3c4ccccc4N(C(C)(C)C)[C@H]3C)[n+]2C)c1C.Cc1cccc(-c2c3ccccc3cc(N3c4ccccc4N(C)[C@H]3C)[n+]2C)c1C.Cc1ccccc1-c1cc(C2CCCC2)cc(N2c3ccccc3N(C3CCCCC3)[C@H]2C)[n+]1C. The van der Waals surface area contributed by atoms with Crippen LogP contribution >= 0.6 is 0 Å². The van der Waals surface area contributed by atoms with Crippen molar-refractivity contribution in [2.45, 2.75) is 266 Å². The third-order valence-corrected chi connectivity index (χ3v) is 31.1. The summed E-state index contributed by atoms with van der Waals surface area (Å²) in [6.07, 6.45) is 14.0. The normalized spacial score (nSPS) is 17.0. The molecule has 0 saturated heterocycles. The van der Waals surface area contributed by atoms with Crippen LogP contribution in [-0.2, 0) is 34.6 Å². The second-order valence-corrected chi connectivity index (χ2v) is 42.7. The van der Waals surface area contributed by atoms with Crippen molar-refractivity contribution in [1.29, 1.82) is 0 Å². The molecular weight excluding hydrogens is 1660 g/mol. The summed E-state index contributed by atoms with van der Waals surface area (Å²) >= 11 is 0. The Hall–Kier alpha value is -12.5. The summed E-state index contributed by atoms with van der Waals surface area (Å²) in [6.45, 7) is 52.3. The van der Waals surface area contributed by atoms with Crippen molar-refractivity contribution in [3.05, 3.63) is 326 Å². The average molecular weight is 1810 g/mol. The molecule has 2 aliphatic carbocycles. The zero-order valence-electron chi connectivity index (χ0n) is 87.0. The summed E-state index contributed by atoms with van der Waals surface area (Å²) in [5.74, 6) is 5.69. The number of hydrogen-bond donors (Lipinski definition) is 0. The van der Waals surface area contributed by atoms with Crippen LogP contribution in [0.2, 0.25) is 0 Å². The van der Waals surface area contributed by atoms with Crippen LogP contribution in [0.5, 0.6) is 0 Å². The molecule has 4 atom stereocenters. The van der Waals surface area contributed by atoms with Gasteiger partial charge in [-0.15, -0.1) is 0 Å². The molecule has 2 fully saturated rings. The third kappa shape index (κ3) is 17.6. The minimum atomic E-state index is 0.0123. The molecule has 0 amide bonds. The fourth-order valence-electron chi connectivity index (χ4n) is 24.0. The van der Waals surface area contributed by atoms with Crippen molar-refractivity contribution in [1.82, 2.24) is 0 Å². The van der Waals surface area contributed by atoms with Crippen LogP contribution in [0.4, 0.5) is 74.5 Å². The Morgan fingerprint density at radius 1 is 0.324 bits per heavy atom. The molecule has 0 spiro atoms. The van der Waals surface area contributed by atoms with Crippen molar-refractivity contribution in [3.8, 4) is 45.0 Å². The molecule has 6 aliphatic rings. The van der Waals surface area contributed by atoms with Gasteiger partial charge >= 0.3 is 0 Å². The molecule has 8 heterocycles. The summed E-state index contributed by atoms with van der Waals surface area (Å²) in [5.41, 5.74) is 42.5. The predicted molar refractivity (Wildman–Crippen MR) is 576 cm³/mol. The van der Waals surface area contributed by atoms with Crippen LogP contribution in [0.25, 0.3) is 55.8 Å². The lowest BCUT2D eigenvalue weighted by Crippen LogP contribution is -2.51. The van der Waals surface area contributed by atoms with Gasteiger partial charge in [0.05, 0.1) is 56.6 Å². The maximum atomic E-state index is 2.74. The fourth-order valence-corrected chi connectivity index (χ4v) is 24.0. The topological polar surface area (TPSA) is 41.4 Å². The first-order valence-electron chi connectivity index (χ1n) is 50.4. The van der Waals surface area contributed by atoms with Crippen molar-refractivity contribution >= 4 is 85.2 Å². The van der Waals surface area contributed by atoms with E-state index in [-0.39, 0.29) is 29.5 Å². The maximum Gasteiger partial charge on any atom is 0.286 e. The van der Waals surface area contributed by atoms with Crippen LogP contribution in [0.1, 0.15) is 216 Å². The summed E-state index contributed by atoms with van der Waals surface area (Å²) in [5, 5.41) is 2.55. The van der Waals surface area contributed by atoms with E-state index in [9.17, 15) is 0 Å². The van der Waals surface area contributed by atoms with Crippen LogP contribution in [0, 0.1) is 95.4 Å². The highest BCUT2D eigenvalue weighted by Crippen LogP contribution is 2.54. The van der Waals surface area contributed by atoms with Gasteiger partial charge in [-0.3, -0.25) is 4.90 Å². The fraction of sp³-hybridized carbons (Fsp3) is 0.371. The highest BCUT2D eigenvalue weighted by Gasteiger charge is 2.50. The minimum absolute atomic E-state index is 0.0123. The second kappa shape index (κ2) is 38.2. The number of benzene rings is 10. The second-order valence-electron chi connectivity index (χ2n) is 42.7. The van der Waals surface area contributed by atoms with Crippen molar-refractivity contribution in [2.75, 3.05) is 46.2 Å². The summed E-state index contributed by atoms with van der Waals surface area (Å²) < 4.78 is 9.67. The Labute approximate surface area is 814 Å². The molecular formula is C124H150N12+4. The van der Waals surface area contributed by atoms with Crippen LogP contribution in [0.3, 0.4) is 0 Å². The van der Waals surface area contributed by atoms with E-state index in [1.54, 1.807) is 0 Å². The zero-order valence-corrected chi connectivity index (χ0v) is 87.0. The molecule has 12 nitrogen and oxygen atoms in total. The monoisotopic (exact) mass is 1810 g/mol. The molecule has 702 valence electrons. The molecule has 4 aromatic heterocycles. The van der Waals surface area contributed by atoms with Crippen molar-refractivity contribution in [2.24, 2.45) is 33.6 Å². The number of fused-ring (bicyclic) bond motifs is 5. The Morgan fingerprint density at radius 3 is 1.46 bits per heavy atom. The van der Waals surface area contributed by atoms with E-state index in [0.717, 1.165) is 6.42 Å². The summed E-state index contributed by atoms with van der Waals surface area (Å²) in [7, 11) is 11.1. The van der Waals surface area contributed by atoms with E-state index in [1.165, 1.54) is 271 Å². The molecule has 12 heteroatoms. The van der Waals surface area contributed by atoms with Gasteiger partial charge < -0.3 is 14.7 Å². The van der Waals surface area contributed by atoms with Crippen LogP contribution in [0.15, 0.2) is 243 Å². The maximum absolute atomic E-state index is 2.74. The van der Waals surface area contributed by atoms with Crippen molar-refractivity contribution in [3.63, 3.8) is 0 Å². The van der Waals surface area contributed by atoms with Gasteiger partial charge in [0.1, 0.15) is 22.8 Å². The molecule has 14 aromatic rings. The Balaban J connectivity index is 0.000000126. The van der Waals surface area contributed by atoms with Gasteiger partial charge in [-0.2, -0.15) is 0 Å². The third-order valence-electron chi connectivity index (χ3n) is 31.1. The average Bonchev–Trinajstić information content (AvgIpc) is 1.53. The number of rotatable bonds is 12. The quantitative estimate of drug-likeness (QED) is 0.112. The largest absolute Gasteiger partial charge is 0.333 e. The van der Waals surface area contributed by atoms with Gasteiger partial charge in [0.15, 0.2) is 47.4 Å². The Morgan fingerprint density at radius 2 is 0.809 bits per heavy atom. The van der Waals surface area contributed by atoms with E-state index in [2.05, 4.69) is 495 Å². The molecule has 0 radical (unpaired) electrons. The lowest BCUT2D eigenvalue weighted by Gasteiger charge is -2.37. The van der Waals surface area contributed by atoms with Gasteiger partial charge in [-0.25, -0.2) is 37.9 Å². The van der Waals surface area contributed by atoms with Crippen molar-refractivity contribution < 1.29 is 18.3 Å². The molecule has 4 aliphatic heterocycles. The molecule has 20 rings (SSSR count). The van der Waals surface area contributed by atoms with E-state index in [1.807, 2.05) is 0 Å². The van der Waals surface area contributed by atoms with Gasteiger partial charge in [-0.05, 0) is 338 Å². The molecule has 136 heavy (non-hydrogen) atoms. The molecule has 10 aromatic carbocycles. The highest BCUT2D eigenvalue weighted by atomic mass is 15.5. The predicted octanol–water partition coefficient (Wildman–Crippen LogP) is 29.4. The molecule has 0 bridgehead atoms. The first kappa shape index (κ1) is 95.2. The number of aromatic nitrogens is 4. The minimum Gasteiger partial charge on any atom is -0.333 e. The van der Waals surface area contributed by atoms with E-state index in [4.69, 9.17) is 0 Å². The first-order chi connectivity index (χ1) is 64.9. The van der Waals surface area contributed by atoms with Gasteiger partial charge in [-0.1, -0.05) is 205 Å². The lowest BCUT2D eigenvalue weighted by atomic mass is 9.87. The Bertz CT molecular complexity index is 6840. The summed E-state index contributed by atoms with van der Waals surface area (Å²) in [6, 6.07) is 90.7. The number of nitrogens with zero attached hydrogens (tertiary/aromatic N) is 12. The highest BCUT2D eigenvalue weighted by molar-refractivity contribution is 5.97. The van der Waals surface area contributed by atoms with E-state index in [0.29, 0.717) is 18.1 Å². The molecule has 2 saturated carbocycles. The van der Waals surface area contributed by atoms with E-state index >= 15 is 0 Å². The number of para-hydroxylation sites is 9. The van der Waals surface area contributed by atoms with Gasteiger partial charge in [0.2, 0.25) is 0 Å². The Kier molecular flexibility index (Phi) is 26.7. The number of pyridine rings is 4.